The van der Waals surface area contributed by atoms with Gasteiger partial charge in [-0.25, -0.2) is 8.78 Å². The molecule has 1 aromatic rings. The minimum absolute atomic E-state index is 0.356. The Hall–Kier alpha value is -1.04. The molecule has 0 radical (unpaired) electrons. The van der Waals surface area contributed by atoms with Crippen LogP contribution in [0.5, 0.6) is 0 Å². The van der Waals surface area contributed by atoms with Gasteiger partial charge in [0.05, 0.1) is 5.60 Å². The topological polar surface area (TPSA) is 26.7 Å². The van der Waals surface area contributed by atoms with Crippen molar-refractivity contribution in [3.05, 3.63) is 35.4 Å². The molecule has 0 spiro atoms. The number of aliphatic hydroxyl groups is 1. The van der Waals surface area contributed by atoms with Crippen LogP contribution in [0, 0.1) is 11.6 Å². The van der Waals surface area contributed by atoms with E-state index in [0.717, 1.165) is 32.2 Å². The first-order chi connectivity index (χ1) is 9.33. The van der Waals surface area contributed by atoms with Gasteiger partial charge in [0.1, 0.15) is 11.6 Å². The summed E-state index contributed by atoms with van der Waals surface area (Å²) in [7, 11) is 0. The van der Waals surface area contributed by atoms with Gasteiger partial charge in [-0.15, -0.1) is 0 Å². The number of hydrogen-bond acceptors (Lipinski definition) is 3. The average molecular weight is 284 g/mol. The number of piperazine rings is 1. The van der Waals surface area contributed by atoms with E-state index in [1.165, 1.54) is 12.1 Å². The fourth-order valence-corrected chi connectivity index (χ4v) is 2.56. The van der Waals surface area contributed by atoms with Crippen molar-refractivity contribution in [1.82, 2.24) is 9.80 Å². The van der Waals surface area contributed by atoms with Gasteiger partial charge >= 0.3 is 0 Å². The summed E-state index contributed by atoms with van der Waals surface area (Å²) in [5.74, 6) is -0.757. The van der Waals surface area contributed by atoms with E-state index in [1.54, 1.807) is 13.8 Å². The SMILES string of the molecule is CC(C)(O)CN1CCN(Cc2cc(F)ccc2F)CC1. The van der Waals surface area contributed by atoms with E-state index in [9.17, 15) is 13.9 Å². The molecule has 0 saturated carbocycles. The average Bonchev–Trinajstić information content (AvgIpc) is 2.34. The molecular weight excluding hydrogens is 262 g/mol. The molecule has 1 N–H and O–H groups in total. The van der Waals surface area contributed by atoms with E-state index < -0.39 is 11.4 Å². The predicted octanol–water partition coefficient (Wildman–Crippen LogP) is 1.85. The van der Waals surface area contributed by atoms with Gasteiger partial charge < -0.3 is 5.11 Å². The first kappa shape index (κ1) is 15.4. The third kappa shape index (κ3) is 4.51. The van der Waals surface area contributed by atoms with Crippen molar-refractivity contribution in [2.24, 2.45) is 0 Å². The zero-order valence-corrected chi connectivity index (χ0v) is 12.1. The van der Waals surface area contributed by atoms with E-state index in [2.05, 4.69) is 9.80 Å². The highest BCUT2D eigenvalue weighted by molar-refractivity contribution is 5.18. The Morgan fingerprint density at radius 3 is 2.30 bits per heavy atom. The number of nitrogens with zero attached hydrogens (tertiary/aromatic N) is 2. The van der Waals surface area contributed by atoms with E-state index in [-0.39, 0.29) is 5.82 Å². The molecule has 0 aromatic heterocycles. The molecule has 1 saturated heterocycles. The van der Waals surface area contributed by atoms with Gasteiger partial charge in [-0.1, -0.05) is 0 Å². The van der Waals surface area contributed by atoms with Gasteiger partial charge in [0, 0.05) is 44.8 Å². The minimum Gasteiger partial charge on any atom is -0.389 e. The van der Waals surface area contributed by atoms with Crippen molar-refractivity contribution in [1.29, 1.82) is 0 Å². The molecule has 0 amide bonds. The van der Waals surface area contributed by atoms with E-state index in [0.29, 0.717) is 18.7 Å². The lowest BCUT2D eigenvalue weighted by atomic mass is 10.1. The van der Waals surface area contributed by atoms with Crippen LogP contribution in [-0.2, 0) is 6.54 Å². The zero-order valence-electron chi connectivity index (χ0n) is 12.1. The summed E-state index contributed by atoms with van der Waals surface area (Å²) < 4.78 is 26.7. The van der Waals surface area contributed by atoms with Gasteiger partial charge in [0.25, 0.3) is 0 Å². The Morgan fingerprint density at radius 1 is 1.10 bits per heavy atom. The Kier molecular flexibility index (Phi) is 4.73. The quantitative estimate of drug-likeness (QED) is 0.914. The molecule has 1 aliphatic heterocycles. The van der Waals surface area contributed by atoms with Crippen molar-refractivity contribution in [2.45, 2.75) is 26.0 Å². The molecule has 1 aliphatic rings. The Labute approximate surface area is 118 Å². The molecule has 0 atom stereocenters. The van der Waals surface area contributed by atoms with Crippen molar-refractivity contribution in [2.75, 3.05) is 32.7 Å². The molecule has 20 heavy (non-hydrogen) atoms. The summed E-state index contributed by atoms with van der Waals surface area (Å²) in [5, 5.41) is 9.79. The first-order valence-corrected chi connectivity index (χ1v) is 6.94. The molecule has 0 bridgehead atoms. The van der Waals surface area contributed by atoms with Crippen LogP contribution in [0.15, 0.2) is 18.2 Å². The van der Waals surface area contributed by atoms with Crippen LogP contribution in [-0.4, -0.2) is 53.2 Å². The van der Waals surface area contributed by atoms with Crippen molar-refractivity contribution < 1.29 is 13.9 Å². The van der Waals surface area contributed by atoms with Gasteiger partial charge in [0.15, 0.2) is 0 Å². The molecule has 1 aromatic carbocycles. The second-order valence-electron chi connectivity index (χ2n) is 6.10. The number of halogens is 2. The second-order valence-corrected chi connectivity index (χ2v) is 6.10. The number of hydrogen-bond donors (Lipinski definition) is 1. The maximum atomic E-state index is 13.6. The van der Waals surface area contributed by atoms with Crippen LogP contribution in [0.3, 0.4) is 0 Å². The van der Waals surface area contributed by atoms with Crippen LogP contribution in [0.25, 0.3) is 0 Å². The summed E-state index contributed by atoms with van der Waals surface area (Å²) in [6, 6.07) is 3.58. The van der Waals surface area contributed by atoms with Gasteiger partial charge in [-0.2, -0.15) is 0 Å². The van der Waals surface area contributed by atoms with Crippen LogP contribution in [0.1, 0.15) is 19.4 Å². The lowest BCUT2D eigenvalue weighted by Crippen LogP contribution is -2.50. The minimum atomic E-state index is -0.698. The number of rotatable bonds is 4. The molecule has 3 nitrogen and oxygen atoms in total. The molecule has 0 aliphatic carbocycles. The fourth-order valence-electron chi connectivity index (χ4n) is 2.56. The Balaban J connectivity index is 1.87. The molecule has 112 valence electrons. The van der Waals surface area contributed by atoms with Crippen LogP contribution in [0.2, 0.25) is 0 Å². The summed E-state index contributed by atoms with van der Waals surface area (Å²) in [5.41, 5.74) is -0.294. The maximum absolute atomic E-state index is 13.6. The van der Waals surface area contributed by atoms with E-state index >= 15 is 0 Å². The summed E-state index contributed by atoms with van der Waals surface area (Å²) in [6.07, 6.45) is 0. The summed E-state index contributed by atoms with van der Waals surface area (Å²) >= 11 is 0. The highest BCUT2D eigenvalue weighted by atomic mass is 19.1. The summed E-state index contributed by atoms with van der Waals surface area (Å²) in [6.45, 7) is 7.91. The maximum Gasteiger partial charge on any atom is 0.127 e. The van der Waals surface area contributed by atoms with Crippen molar-refractivity contribution in [3.8, 4) is 0 Å². The smallest absolute Gasteiger partial charge is 0.127 e. The number of benzene rings is 1. The largest absolute Gasteiger partial charge is 0.389 e. The van der Waals surface area contributed by atoms with Crippen molar-refractivity contribution in [3.63, 3.8) is 0 Å². The highest BCUT2D eigenvalue weighted by Crippen LogP contribution is 2.15. The monoisotopic (exact) mass is 284 g/mol. The third-order valence-electron chi connectivity index (χ3n) is 3.48. The molecule has 1 fully saturated rings. The van der Waals surface area contributed by atoms with Crippen LogP contribution < -0.4 is 0 Å². The predicted molar refractivity (Wildman–Crippen MR) is 74.4 cm³/mol. The molecule has 0 unspecified atom stereocenters. The van der Waals surface area contributed by atoms with Crippen LogP contribution >= 0.6 is 0 Å². The van der Waals surface area contributed by atoms with Gasteiger partial charge in [0.2, 0.25) is 0 Å². The fraction of sp³-hybridized carbons (Fsp3) is 0.600. The summed E-state index contributed by atoms with van der Waals surface area (Å²) in [4.78, 5) is 4.30. The van der Waals surface area contributed by atoms with Crippen molar-refractivity contribution >= 4 is 0 Å². The van der Waals surface area contributed by atoms with Crippen LogP contribution in [0.4, 0.5) is 8.78 Å². The van der Waals surface area contributed by atoms with Gasteiger partial charge in [-0.3, -0.25) is 9.80 Å². The van der Waals surface area contributed by atoms with E-state index in [4.69, 9.17) is 0 Å². The standard InChI is InChI=1S/C15H22F2N2O/c1-15(2,20)11-19-7-5-18(6-8-19)10-12-9-13(16)3-4-14(12)17/h3-4,9,20H,5-8,10-11H2,1-2H3. The highest BCUT2D eigenvalue weighted by Gasteiger charge is 2.23. The zero-order chi connectivity index (χ0) is 14.8. The normalized spacial score (nSPS) is 18.4. The Morgan fingerprint density at radius 2 is 1.70 bits per heavy atom. The molecule has 5 heteroatoms. The first-order valence-electron chi connectivity index (χ1n) is 6.94. The molecular formula is C15H22F2N2O. The molecule has 1 heterocycles. The third-order valence-corrected chi connectivity index (χ3v) is 3.48. The molecule has 2 rings (SSSR count). The lowest BCUT2D eigenvalue weighted by Gasteiger charge is -2.37. The van der Waals surface area contributed by atoms with Gasteiger partial charge in [-0.05, 0) is 32.0 Å². The second kappa shape index (κ2) is 6.16. The Bertz CT molecular complexity index is 452. The number of β-amino-alcohol motifs (C(OH)–C–C–N with tert-alkyl or cyclic N) is 1. The lowest BCUT2D eigenvalue weighted by molar-refractivity contribution is 0.0165. The van der Waals surface area contributed by atoms with E-state index in [1.807, 2.05) is 0 Å².